The van der Waals surface area contributed by atoms with Crippen LogP contribution in [0.1, 0.15) is 30.4 Å². The Morgan fingerprint density at radius 2 is 1.90 bits per heavy atom. The number of aliphatic hydroxyl groups is 3. The molecule has 0 radical (unpaired) electrons. The Balaban J connectivity index is 0.00000132. The molecule has 4 rings (SSSR count). The maximum Gasteiger partial charge on any atom is 0.292 e. The third-order valence-corrected chi connectivity index (χ3v) is 4.75. The van der Waals surface area contributed by atoms with Crippen molar-refractivity contribution in [3.63, 3.8) is 0 Å². The van der Waals surface area contributed by atoms with Crippen LogP contribution in [0.2, 0.25) is 0 Å². The predicted molar refractivity (Wildman–Crippen MR) is 111 cm³/mol. The standard InChI is InChI=1S/C20H19N3O6.C2H6/c24-10-16-17(25)18(26)20(29-16)23-7-1-2-13(9-23)19(27)22-14-5-3-12(4-6-14)15-8-21-11-28-15;1-2/h1-9,11,16-18,20,24-26H,10H2;1-2H3/p+1/t16?,17-,18-,20?;/m1./s1. The molecule has 0 spiro atoms. The van der Waals surface area contributed by atoms with Gasteiger partial charge in [0, 0.05) is 17.3 Å². The number of aromatic nitrogens is 2. The molecule has 0 saturated carbocycles. The van der Waals surface area contributed by atoms with Gasteiger partial charge in [-0.05, 0) is 30.3 Å². The van der Waals surface area contributed by atoms with E-state index in [1.54, 1.807) is 48.8 Å². The minimum absolute atomic E-state index is 0.338. The van der Waals surface area contributed by atoms with Gasteiger partial charge in [0.05, 0.1) is 12.8 Å². The number of nitrogens with zero attached hydrogens (tertiary/aromatic N) is 2. The molecular formula is C22H26N3O6+. The van der Waals surface area contributed by atoms with Crippen LogP contribution in [-0.2, 0) is 4.74 Å². The number of aliphatic hydroxyl groups excluding tert-OH is 3. The number of pyridine rings is 1. The number of ether oxygens (including phenoxy) is 1. The van der Waals surface area contributed by atoms with E-state index in [1.807, 2.05) is 13.8 Å². The molecule has 3 heterocycles. The van der Waals surface area contributed by atoms with Gasteiger partial charge in [0.25, 0.3) is 12.1 Å². The summed E-state index contributed by atoms with van der Waals surface area (Å²) in [5, 5.41) is 32.1. The number of oxazole rings is 1. The topological polar surface area (TPSA) is 129 Å². The lowest BCUT2D eigenvalue weighted by Gasteiger charge is -2.11. The normalized spacial score (nSPS) is 22.5. The highest BCUT2D eigenvalue weighted by Crippen LogP contribution is 2.25. The molecule has 1 aliphatic rings. The number of rotatable bonds is 5. The van der Waals surface area contributed by atoms with Crippen LogP contribution in [0.25, 0.3) is 11.3 Å². The molecule has 2 aromatic heterocycles. The molecular weight excluding hydrogens is 402 g/mol. The zero-order valence-electron chi connectivity index (χ0n) is 17.3. The summed E-state index contributed by atoms with van der Waals surface area (Å²) in [4.78, 5) is 16.5. The fraction of sp³-hybridized carbons (Fsp3) is 0.318. The van der Waals surface area contributed by atoms with Gasteiger partial charge >= 0.3 is 0 Å². The first kappa shape index (κ1) is 22.6. The predicted octanol–water partition coefficient (Wildman–Crippen LogP) is 1.52. The number of hydrogen-bond donors (Lipinski definition) is 4. The van der Waals surface area contributed by atoms with Crippen molar-refractivity contribution in [3.8, 4) is 11.3 Å². The summed E-state index contributed by atoms with van der Waals surface area (Å²) < 4.78 is 12.2. The third-order valence-electron chi connectivity index (χ3n) is 4.75. The minimum atomic E-state index is -1.22. The van der Waals surface area contributed by atoms with Crippen molar-refractivity contribution in [1.82, 2.24) is 4.98 Å². The van der Waals surface area contributed by atoms with Crippen molar-refractivity contribution in [3.05, 3.63) is 66.9 Å². The van der Waals surface area contributed by atoms with E-state index in [1.165, 1.54) is 17.2 Å². The largest absolute Gasteiger partial charge is 0.444 e. The monoisotopic (exact) mass is 428 g/mol. The highest BCUT2D eigenvalue weighted by Gasteiger charge is 2.48. The number of amides is 1. The van der Waals surface area contributed by atoms with E-state index in [0.717, 1.165) is 5.56 Å². The number of hydrogen-bond acceptors (Lipinski definition) is 7. The van der Waals surface area contributed by atoms with Crippen molar-refractivity contribution >= 4 is 11.6 Å². The Hall–Kier alpha value is -3.11. The SMILES string of the molecule is CC.O=C(Nc1ccc(-c2cnco2)cc1)c1ccc[n+](C2OC(CO)[C@@H](O)[C@H]2O)c1. The molecule has 0 bridgehead atoms. The highest BCUT2D eigenvalue weighted by atomic mass is 16.6. The smallest absolute Gasteiger partial charge is 0.292 e. The molecule has 1 amide bonds. The van der Waals surface area contributed by atoms with E-state index in [0.29, 0.717) is 17.0 Å². The first-order valence-electron chi connectivity index (χ1n) is 10.0. The van der Waals surface area contributed by atoms with Crippen LogP contribution in [0.3, 0.4) is 0 Å². The maximum absolute atomic E-state index is 12.6. The molecule has 9 heteroatoms. The van der Waals surface area contributed by atoms with Crippen molar-refractivity contribution in [1.29, 1.82) is 0 Å². The summed E-state index contributed by atoms with van der Waals surface area (Å²) in [7, 11) is 0. The quantitative estimate of drug-likeness (QED) is 0.454. The van der Waals surface area contributed by atoms with Gasteiger partial charge in [-0.15, -0.1) is 0 Å². The van der Waals surface area contributed by atoms with Crippen LogP contribution in [0.4, 0.5) is 5.69 Å². The summed E-state index contributed by atoms with van der Waals surface area (Å²) >= 11 is 0. The van der Waals surface area contributed by atoms with Gasteiger partial charge in [-0.2, -0.15) is 4.57 Å². The average molecular weight is 428 g/mol. The Labute approximate surface area is 179 Å². The van der Waals surface area contributed by atoms with E-state index < -0.39 is 31.1 Å². The molecule has 1 aliphatic heterocycles. The molecule has 3 aromatic rings. The second-order valence-electron chi connectivity index (χ2n) is 6.67. The Bertz CT molecular complexity index is 977. The lowest BCUT2D eigenvalue weighted by atomic mass is 10.1. The van der Waals surface area contributed by atoms with Crippen LogP contribution < -0.4 is 9.88 Å². The third kappa shape index (κ3) is 4.97. The number of carbonyl (C=O) groups is 1. The van der Waals surface area contributed by atoms with Crippen molar-refractivity contribution in [2.45, 2.75) is 38.4 Å². The van der Waals surface area contributed by atoms with Crippen molar-refractivity contribution < 1.29 is 33.8 Å². The number of benzene rings is 1. The number of nitrogens with one attached hydrogen (secondary N) is 1. The molecule has 2 unspecified atom stereocenters. The Morgan fingerprint density at radius 1 is 1.16 bits per heavy atom. The zero-order valence-corrected chi connectivity index (χ0v) is 17.3. The van der Waals surface area contributed by atoms with Crippen molar-refractivity contribution in [2.24, 2.45) is 0 Å². The number of carbonyl (C=O) groups excluding carboxylic acids is 1. The Kier molecular flexibility index (Phi) is 7.48. The van der Waals surface area contributed by atoms with E-state index in [4.69, 9.17) is 9.15 Å². The summed E-state index contributed by atoms with van der Waals surface area (Å²) in [6, 6.07) is 10.4. The van der Waals surface area contributed by atoms with Gasteiger partial charge in [-0.1, -0.05) is 13.8 Å². The summed E-state index contributed by atoms with van der Waals surface area (Å²) in [6.45, 7) is 3.58. The van der Waals surface area contributed by atoms with E-state index in [-0.39, 0.29) is 5.91 Å². The van der Waals surface area contributed by atoms with Crippen LogP contribution in [-0.4, -0.2) is 51.1 Å². The minimum Gasteiger partial charge on any atom is -0.444 e. The van der Waals surface area contributed by atoms with Crippen LogP contribution in [0, 0.1) is 0 Å². The van der Waals surface area contributed by atoms with E-state index in [9.17, 15) is 20.1 Å². The molecule has 9 nitrogen and oxygen atoms in total. The second kappa shape index (κ2) is 10.3. The van der Waals surface area contributed by atoms with Crippen LogP contribution in [0.5, 0.6) is 0 Å². The van der Waals surface area contributed by atoms with Crippen molar-refractivity contribution in [2.75, 3.05) is 11.9 Å². The molecule has 0 aliphatic carbocycles. The van der Waals surface area contributed by atoms with Gasteiger partial charge in [-0.25, -0.2) is 4.98 Å². The summed E-state index contributed by atoms with van der Waals surface area (Å²) in [5.41, 5.74) is 1.77. The van der Waals surface area contributed by atoms with Gasteiger partial charge in [0.2, 0.25) is 0 Å². The Morgan fingerprint density at radius 3 is 2.52 bits per heavy atom. The molecule has 1 aromatic carbocycles. The van der Waals surface area contributed by atoms with Crippen LogP contribution >= 0.6 is 0 Å². The second-order valence-corrected chi connectivity index (χ2v) is 6.67. The first-order valence-corrected chi connectivity index (χ1v) is 10.0. The molecule has 31 heavy (non-hydrogen) atoms. The van der Waals surface area contributed by atoms with Gasteiger partial charge in [-0.3, -0.25) is 4.79 Å². The molecule has 4 N–H and O–H groups in total. The maximum atomic E-state index is 12.6. The van der Waals surface area contributed by atoms with Gasteiger partial charge in [0.1, 0.15) is 17.8 Å². The molecule has 4 atom stereocenters. The first-order chi connectivity index (χ1) is 15.1. The van der Waals surface area contributed by atoms with E-state index >= 15 is 0 Å². The lowest BCUT2D eigenvalue weighted by Crippen LogP contribution is -2.46. The summed E-state index contributed by atoms with van der Waals surface area (Å²) in [6.07, 6.45) is 1.86. The number of anilines is 1. The summed E-state index contributed by atoms with van der Waals surface area (Å²) in [5.74, 6) is 0.281. The van der Waals surface area contributed by atoms with Gasteiger partial charge < -0.3 is 29.8 Å². The molecule has 1 saturated heterocycles. The van der Waals surface area contributed by atoms with Gasteiger partial charge in [0.15, 0.2) is 30.7 Å². The van der Waals surface area contributed by atoms with Crippen LogP contribution in [0.15, 0.2) is 65.8 Å². The molecule has 164 valence electrons. The average Bonchev–Trinajstić information content (AvgIpc) is 3.45. The zero-order chi connectivity index (χ0) is 22.4. The lowest BCUT2D eigenvalue weighted by molar-refractivity contribution is -0.765. The molecule has 1 fully saturated rings. The fourth-order valence-corrected chi connectivity index (χ4v) is 3.19. The highest BCUT2D eigenvalue weighted by molar-refractivity contribution is 6.03. The fourth-order valence-electron chi connectivity index (χ4n) is 3.19. The van der Waals surface area contributed by atoms with E-state index in [2.05, 4.69) is 10.3 Å².